The summed E-state index contributed by atoms with van der Waals surface area (Å²) in [5.74, 6) is 0.549. The van der Waals surface area contributed by atoms with E-state index in [4.69, 9.17) is 5.26 Å². The summed E-state index contributed by atoms with van der Waals surface area (Å²) in [6, 6.07) is 2.30. The second kappa shape index (κ2) is 7.38. The average molecular weight is 251 g/mol. The van der Waals surface area contributed by atoms with Gasteiger partial charge in [-0.2, -0.15) is 5.26 Å². The zero-order valence-electron chi connectivity index (χ0n) is 11.7. The smallest absolute Gasteiger partial charge is 0.236 e. The number of nitrogens with one attached hydrogen (secondary N) is 2. The zero-order chi connectivity index (χ0) is 13.5. The number of hydrogen-bond donors (Lipinski definition) is 2. The largest absolute Gasteiger partial charge is 0.354 e. The lowest BCUT2D eigenvalue weighted by atomic mass is 9.85. The van der Waals surface area contributed by atoms with Gasteiger partial charge in [-0.15, -0.1) is 0 Å². The summed E-state index contributed by atoms with van der Waals surface area (Å²) in [5.41, 5.74) is 0. The normalized spacial score (nSPS) is 25.5. The molecule has 0 bridgehead atoms. The number of rotatable bonds is 5. The minimum absolute atomic E-state index is 0.0333. The third-order valence-electron chi connectivity index (χ3n) is 3.47. The first-order valence-corrected chi connectivity index (χ1v) is 6.98. The van der Waals surface area contributed by atoms with Gasteiger partial charge in [0.25, 0.3) is 0 Å². The molecule has 1 amide bonds. The third kappa shape index (κ3) is 4.66. The Labute approximate surface area is 110 Å². The summed E-state index contributed by atoms with van der Waals surface area (Å²) >= 11 is 0. The van der Waals surface area contributed by atoms with Crippen molar-refractivity contribution in [2.75, 3.05) is 6.54 Å². The van der Waals surface area contributed by atoms with E-state index in [0.29, 0.717) is 12.5 Å². The second-order valence-electron chi connectivity index (χ2n) is 5.65. The van der Waals surface area contributed by atoms with Crippen molar-refractivity contribution in [2.45, 2.75) is 58.5 Å². The fraction of sp³-hybridized carbons (Fsp3) is 0.857. The first-order valence-electron chi connectivity index (χ1n) is 6.98. The molecule has 1 aliphatic rings. The SMILES string of the molecule is CC(C)CNC(=O)C(C)NC1CCCCC1C#N. The molecule has 0 saturated heterocycles. The molecule has 0 spiro atoms. The van der Waals surface area contributed by atoms with Gasteiger partial charge in [0.1, 0.15) is 0 Å². The molecule has 0 heterocycles. The number of carbonyl (C=O) groups is 1. The molecule has 0 radical (unpaired) electrons. The molecule has 4 heteroatoms. The predicted octanol–water partition coefficient (Wildman–Crippen LogP) is 1.82. The summed E-state index contributed by atoms with van der Waals surface area (Å²) < 4.78 is 0. The van der Waals surface area contributed by atoms with Crippen LogP contribution in [0.3, 0.4) is 0 Å². The van der Waals surface area contributed by atoms with E-state index in [9.17, 15) is 4.79 Å². The highest BCUT2D eigenvalue weighted by atomic mass is 16.2. The lowest BCUT2D eigenvalue weighted by molar-refractivity contribution is -0.123. The van der Waals surface area contributed by atoms with E-state index in [1.807, 2.05) is 6.92 Å². The van der Waals surface area contributed by atoms with Crippen LogP contribution in [-0.2, 0) is 4.79 Å². The van der Waals surface area contributed by atoms with E-state index in [0.717, 1.165) is 25.7 Å². The first kappa shape index (κ1) is 15.0. The van der Waals surface area contributed by atoms with Crippen molar-refractivity contribution in [2.24, 2.45) is 11.8 Å². The first-order chi connectivity index (χ1) is 8.54. The molecule has 1 saturated carbocycles. The van der Waals surface area contributed by atoms with Gasteiger partial charge in [-0.3, -0.25) is 4.79 Å². The van der Waals surface area contributed by atoms with E-state index in [2.05, 4.69) is 30.6 Å². The average Bonchev–Trinajstić information content (AvgIpc) is 2.36. The molecule has 1 rings (SSSR count). The molecule has 1 fully saturated rings. The molecule has 0 aromatic carbocycles. The minimum atomic E-state index is -0.220. The number of nitriles is 1. The van der Waals surface area contributed by atoms with Gasteiger partial charge in [0.15, 0.2) is 0 Å². The quantitative estimate of drug-likeness (QED) is 0.783. The van der Waals surface area contributed by atoms with Crippen LogP contribution in [0.4, 0.5) is 0 Å². The van der Waals surface area contributed by atoms with Crippen molar-refractivity contribution in [3.05, 3.63) is 0 Å². The van der Waals surface area contributed by atoms with E-state index in [1.54, 1.807) is 0 Å². The molecule has 2 N–H and O–H groups in total. The molecule has 3 unspecified atom stereocenters. The van der Waals surface area contributed by atoms with Gasteiger partial charge in [-0.25, -0.2) is 0 Å². The van der Waals surface area contributed by atoms with Crippen molar-refractivity contribution in [3.63, 3.8) is 0 Å². The van der Waals surface area contributed by atoms with E-state index in [-0.39, 0.29) is 23.9 Å². The highest BCUT2D eigenvalue weighted by molar-refractivity contribution is 5.81. The Balaban J connectivity index is 2.40. The van der Waals surface area contributed by atoms with Crippen molar-refractivity contribution in [1.29, 1.82) is 5.26 Å². The lowest BCUT2D eigenvalue weighted by Gasteiger charge is -2.30. The van der Waals surface area contributed by atoms with Gasteiger partial charge in [0.2, 0.25) is 5.91 Å². The summed E-state index contributed by atoms with van der Waals surface area (Å²) in [7, 11) is 0. The van der Waals surface area contributed by atoms with Crippen LogP contribution < -0.4 is 10.6 Å². The van der Waals surface area contributed by atoms with Gasteiger partial charge in [-0.1, -0.05) is 26.7 Å². The number of amides is 1. The maximum atomic E-state index is 11.9. The van der Waals surface area contributed by atoms with Crippen LogP contribution in [0, 0.1) is 23.2 Å². The Hall–Kier alpha value is -1.08. The van der Waals surface area contributed by atoms with Crippen molar-refractivity contribution >= 4 is 5.91 Å². The predicted molar refractivity (Wildman–Crippen MR) is 71.8 cm³/mol. The van der Waals surface area contributed by atoms with Crippen LogP contribution in [0.5, 0.6) is 0 Å². The summed E-state index contributed by atoms with van der Waals surface area (Å²) in [6.07, 6.45) is 4.23. The van der Waals surface area contributed by atoms with Gasteiger partial charge in [0, 0.05) is 12.6 Å². The molecular weight excluding hydrogens is 226 g/mol. The molecule has 0 aliphatic heterocycles. The fourth-order valence-electron chi connectivity index (χ4n) is 2.34. The minimum Gasteiger partial charge on any atom is -0.354 e. The van der Waals surface area contributed by atoms with Gasteiger partial charge < -0.3 is 10.6 Å². The summed E-state index contributed by atoms with van der Waals surface area (Å²) in [5, 5.41) is 15.3. The van der Waals surface area contributed by atoms with Crippen LogP contribution in [0.2, 0.25) is 0 Å². The molecule has 0 aromatic heterocycles. The van der Waals surface area contributed by atoms with Crippen LogP contribution >= 0.6 is 0 Å². The topological polar surface area (TPSA) is 64.9 Å². The van der Waals surface area contributed by atoms with Gasteiger partial charge in [0.05, 0.1) is 18.0 Å². The fourth-order valence-corrected chi connectivity index (χ4v) is 2.34. The van der Waals surface area contributed by atoms with Gasteiger partial charge >= 0.3 is 0 Å². The van der Waals surface area contributed by atoms with Gasteiger partial charge in [-0.05, 0) is 25.7 Å². The van der Waals surface area contributed by atoms with E-state index >= 15 is 0 Å². The monoisotopic (exact) mass is 251 g/mol. The van der Waals surface area contributed by atoms with Crippen LogP contribution in [0.15, 0.2) is 0 Å². The molecule has 1 aliphatic carbocycles. The Morgan fingerprint density at radius 1 is 1.33 bits per heavy atom. The zero-order valence-corrected chi connectivity index (χ0v) is 11.7. The Morgan fingerprint density at radius 2 is 2.00 bits per heavy atom. The number of hydrogen-bond acceptors (Lipinski definition) is 3. The molecule has 18 heavy (non-hydrogen) atoms. The molecular formula is C14H25N3O. The standard InChI is InChI=1S/C14H25N3O/c1-10(2)9-16-14(18)11(3)17-13-7-5-4-6-12(13)8-15/h10-13,17H,4-7,9H2,1-3H3,(H,16,18). The lowest BCUT2D eigenvalue weighted by Crippen LogP contribution is -2.50. The molecule has 0 aromatic rings. The van der Waals surface area contributed by atoms with E-state index < -0.39 is 0 Å². The Bertz CT molecular complexity index is 309. The molecule has 102 valence electrons. The molecule has 3 atom stereocenters. The number of carbonyl (C=O) groups excluding carboxylic acids is 1. The van der Waals surface area contributed by atoms with E-state index in [1.165, 1.54) is 0 Å². The Morgan fingerprint density at radius 3 is 2.61 bits per heavy atom. The maximum absolute atomic E-state index is 11.9. The molecule has 4 nitrogen and oxygen atoms in total. The van der Waals surface area contributed by atoms with Crippen LogP contribution in [0.25, 0.3) is 0 Å². The summed E-state index contributed by atoms with van der Waals surface area (Å²) in [6.45, 7) is 6.73. The van der Waals surface area contributed by atoms with Crippen molar-refractivity contribution in [1.82, 2.24) is 10.6 Å². The number of nitrogens with zero attached hydrogens (tertiary/aromatic N) is 1. The van der Waals surface area contributed by atoms with Crippen molar-refractivity contribution < 1.29 is 4.79 Å². The van der Waals surface area contributed by atoms with Crippen LogP contribution in [-0.4, -0.2) is 24.5 Å². The van der Waals surface area contributed by atoms with Crippen molar-refractivity contribution in [3.8, 4) is 6.07 Å². The Kier molecular flexibility index (Phi) is 6.14. The maximum Gasteiger partial charge on any atom is 0.236 e. The second-order valence-corrected chi connectivity index (χ2v) is 5.65. The summed E-state index contributed by atoms with van der Waals surface area (Å²) in [4.78, 5) is 11.9. The van der Waals surface area contributed by atoms with Crippen LogP contribution in [0.1, 0.15) is 46.5 Å². The highest BCUT2D eigenvalue weighted by Gasteiger charge is 2.27. The third-order valence-corrected chi connectivity index (χ3v) is 3.47. The highest BCUT2D eigenvalue weighted by Crippen LogP contribution is 2.24.